The molecule has 1 aromatic carbocycles. The smallest absolute Gasteiger partial charge is 0.194 e. The van der Waals surface area contributed by atoms with Crippen molar-refractivity contribution in [3.63, 3.8) is 0 Å². The van der Waals surface area contributed by atoms with Gasteiger partial charge in [-0.1, -0.05) is 12.1 Å². The molecule has 0 aliphatic heterocycles. The second-order valence-corrected chi connectivity index (χ2v) is 5.68. The van der Waals surface area contributed by atoms with Crippen LogP contribution >= 0.6 is 11.3 Å². The molecule has 2 heterocycles. The van der Waals surface area contributed by atoms with Crippen LogP contribution < -0.4 is 0 Å². The first-order valence-corrected chi connectivity index (χ1v) is 6.88. The van der Waals surface area contributed by atoms with E-state index in [1.165, 1.54) is 35.5 Å². The van der Waals surface area contributed by atoms with E-state index in [9.17, 15) is 4.39 Å². The van der Waals surface area contributed by atoms with Crippen LogP contribution in [0.5, 0.6) is 0 Å². The molecule has 0 bridgehead atoms. The van der Waals surface area contributed by atoms with E-state index in [2.05, 4.69) is 9.38 Å². The minimum atomic E-state index is -0.214. The van der Waals surface area contributed by atoms with E-state index >= 15 is 0 Å². The normalized spacial score (nSPS) is 14.3. The Labute approximate surface area is 108 Å². The van der Waals surface area contributed by atoms with Gasteiger partial charge in [0.1, 0.15) is 5.82 Å². The lowest BCUT2D eigenvalue weighted by atomic mass is 10.2. The summed E-state index contributed by atoms with van der Waals surface area (Å²) in [4.78, 5) is 7.09. The molecule has 1 aliphatic carbocycles. The maximum Gasteiger partial charge on any atom is 0.194 e. The molecule has 0 radical (unpaired) electrons. The molecular formula is C14H11FN2S. The lowest BCUT2D eigenvalue weighted by molar-refractivity contribution is 0.628. The number of nitrogens with zero attached hydrogens (tertiary/aromatic N) is 2. The molecule has 18 heavy (non-hydrogen) atoms. The highest BCUT2D eigenvalue weighted by molar-refractivity contribution is 7.17. The van der Waals surface area contributed by atoms with Gasteiger partial charge in [0.2, 0.25) is 0 Å². The fraction of sp³-hybridized carbons (Fsp3) is 0.214. The van der Waals surface area contributed by atoms with Crippen molar-refractivity contribution in [3.8, 4) is 11.3 Å². The largest absolute Gasteiger partial charge is 0.294 e. The highest BCUT2D eigenvalue weighted by Gasteiger charge is 2.19. The summed E-state index contributed by atoms with van der Waals surface area (Å²) in [7, 11) is 0. The van der Waals surface area contributed by atoms with Gasteiger partial charge in [0.25, 0.3) is 0 Å². The highest BCUT2D eigenvalue weighted by Crippen LogP contribution is 2.32. The van der Waals surface area contributed by atoms with Crippen molar-refractivity contribution < 1.29 is 4.39 Å². The molecule has 90 valence electrons. The summed E-state index contributed by atoms with van der Waals surface area (Å²) in [6.07, 6.45) is 5.59. The Balaban J connectivity index is 1.89. The molecule has 2 nitrogen and oxygen atoms in total. The molecule has 2 aromatic heterocycles. The van der Waals surface area contributed by atoms with Gasteiger partial charge in [-0.15, -0.1) is 11.3 Å². The Bertz CT molecular complexity index is 741. The third-order valence-corrected chi connectivity index (χ3v) is 4.60. The zero-order valence-corrected chi connectivity index (χ0v) is 10.5. The number of thiazole rings is 1. The maximum atomic E-state index is 13.2. The molecule has 4 heteroatoms. The van der Waals surface area contributed by atoms with E-state index in [0.29, 0.717) is 0 Å². The third kappa shape index (κ3) is 1.42. The lowest BCUT2D eigenvalue weighted by Gasteiger charge is -1.95. The van der Waals surface area contributed by atoms with Gasteiger partial charge in [-0.25, -0.2) is 9.37 Å². The van der Waals surface area contributed by atoms with Gasteiger partial charge in [-0.2, -0.15) is 0 Å². The molecular weight excluding hydrogens is 247 g/mol. The van der Waals surface area contributed by atoms with Gasteiger partial charge in [0.15, 0.2) is 4.96 Å². The van der Waals surface area contributed by atoms with Gasteiger partial charge in [-0.3, -0.25) is 4.40 Å². The summed E-state index contributed by atoms with van der Waals surface area (Å²) >= 11 is 1.76. The summed E-state index contributed by atoms with van der Waals surface area (Å²) in [5, 5.41) is 0. The molecule has 3 aromatic rings. The van der Waals surface area contributed by atoms with Crippen molar-refractivity contribution >= 4 is 16.3 Å². The summed E-state index contributed by atoms with van der Waals surface area (Å²) in [5.41, 5.74) is 3.10. The molecule has 1 aliphatic rings. The van der Waals surface area contributed by atoms with Crippen molar-refractivity contribution in [1.29, 1.82) is 0 Å². The average molecular weight is 258 g/mol. The summed E-state index contributed by atoms with van der Waals surface area (Å²) in [5.74, 6) is -0.214. The molecule has 0 N–H and O–H groups in total. The van der Waals surface area contributed by atoms with Crippen LogP contribution in [0.1, 0.15) is 17.0 Å². The highest BCUT2D eigenvalue weighted by atomic mass is 32.1. The number of fused-ring (bicyclic) bond motifs is 3. The van der Waals surface area contributed by atoms with E-state index in [1.807, 2.05) is 12.3 Å². The number of rotatable bonds is 1. The molecule has 0 fully saturated rings. The second kappa shape index (κ2) is 3.65. The molecule has 0 amide bonds. The van der Waals surface area contributed by atoms with Crippen LogP contribution in [0, 0.1) is 5.82 Å². The Morgan fingerprint density at radius 1 is 1.28 bits per heavy atom. The molecule has 0 saturated carbocycles. The van der Waals surface area contributed by atoms with Crippen LogP contribution in [-0.2, 0) is 12.8 Å². The first-order valence-electron chi connectivity index (χ1n) is 6.07. The zero-order valence-electron chi connectivity index (χ0n) is 9.69. The number of imidazole rings is 1. The van der Waals surface area contributed by atoms with Crippen LogP contribution in [0.15, 0.2) is 30.5 Å². The number of aromatic nitrogens is 2. The first-order chi connectivity index (χ1) is 8.81. The van der Waals surface area contributed by atoms with Crippen LogP contribution in [0.2, 0.25) is 0 Å². The lowest BCUT2D eigenvalue weighted by Crippen LogP contribution is -1.85. The average Bonchev–Trinajstić information content (AvgIpc) is 2.99. The minimum Gasteiger partial charge on any atom is -0.294 e. The van der Waals surface area contributed by atoms with E-state index in [-0.39, 0.29) is 5.82 Å². The van der Waals surface area contributed by atoms with Crippen LogP contribution in [0.4, 0.5) is 4.39 Å². The SMILES string of the molecule is Fc1cccc(-c2cn3c4c(sc3n2)CCC4)c1. The maximum absolute atomic E-state index is 13.2. The van der Waals surface area contributed by atoms with Gasteiger partial charge >= 0.3 is 0 Å². The summed E-state index contributed by atoms with van der Waals surface area (Å²) in [6, 6.07) is 6.62. The van der Waals surface area contributed by atoms with Crippen molar-refractivity contribution in [3.05, 3.63) is 46.9 Å². The van der Waals surface area contributed by atoms with Crippen molar-refractivity contribution in [2.45, 2.75) is 19.3 Å². The van der Waals surface area contributed by atoms with E-state index < -0.39 is 0 Å². The standard InChI is InChI=1S/C14H11FN2S/c15-10-4-1-3-9(7-10)11-8-17-12-5-2-6-13(12)18-14(17)16-11/h1,3-4,7-8H,2,5-6H2. The Morgan fingerprint density at radius 3 is 3.11 bits per heavy atom. The van der Waals surface area contributed by atoms with Gasteiger partial charge in [0, 0.05) is 22.3 Å². The van der Waals surface area contributed by atoms with Crippen LogP contribution in [0.25, 0.3) is 16.2 Å². The predicted octanol–water partition coefficient (Wildman–Crippen LogP) is 3.69. The van der Waals surface area contributed by atoms with Gasteiger partial charge in [-0.05, 0) is 31.4 Å². The number of hydrogen-bond acceptors (Lipinski definition) is 2. The van der Waals surface area contributed by atoms with E-state index in [1.54, 1.807) is 17.4 Å². The first kappa shape index (κ1) is 10.3. The Hall–Kier alpha value is -1.68. The molecule has 0 atom stereocenters. The Morgan fingerprint density at radius 2 is 2.22 bits per heavy atom. The number of aryl methyl sites for hydroxylation is 2. The third-order valence-electron chi connectivity index (χ3n) is 3.44. The van der Waals surface area contributed by atoms with Crippen LogP contribution in [0.3, 0.4) is 0 Å². The Kier molecular flexibility index (Phi) is 2.08. The van der Waals surface area contributed by atoms with Crippen LogP contribution in [-0.4, -0.2) is 9.38 Å². The molecule has 0 saturated heterocycles. The molecule has 4 rings (SSSR count). The van der Waals surface area contributed by atoms with E-state index in [4.69, 9.17) is 0 Å². The van der Waals surface area contributed by atoms with E-state index in [0.717, 1.165) is 22.6 Å². The quantitative estimate of drug-likeness (QED) is 0.650. The fourth-order valence-electron chi connectivity index (χ4n) is 2.59. The zero-order chi connectivity index (χ0) is 12.1. The molecule has 0 unspecified atom stereocenters. The second-order valence-electron chi connectivity index (χ2n) is 4.61. The van der Waals surface area contributed by atoms with Gasteiger partial charge < -0.3 is 0 Å². The van der Waals surface area contributed by atoms with Gasteiger partial charge in [0.05, 0.1) is 5.69 Å². The summed E-state index contributed by atoms with van der Waals surface area (Å²) in [6.45, 7) is 0. The topological polar surface area (TPSA) is 17.3 Å². The monoisotopic (exact) mass is 258 g/mol. The summed E-state index contributed by atoms with van der Waals surface area (Å²) < 4.78 is 15.4. The fourth-order valence-corrected chi connectivity index (χ4v) is 3.78. The van der Waals surface area contributed by atoms with Crippen molar-refractivity contribution in [2.75, 3.05) is 0 Å². The van der Waals surface area contributed by atoms with Crippen molar-refractivity contribution in [2.24, 2.45) is 0 Å². The number of hydrogen-bond donors (Lipinski definition) is 0. The van der Waals surface area contributed by atoms with Crippen molar-refractivity contribution in [1.82, 2.24) is 9.38 Å². The number of halogens is 1. The molecule has 0 spiro atoms. The minimum absolute atomic E-state index is 0.214. The predicted molar refractivity (Wildman–Crippen MR) is 70.5 cm³/mol. The number of benzene rings is 1.